The number of carbonyl (C=O) groups is 1. The summed E-state index contributed by atoms with van der Waals surface area (Å²) in [5.41, 5.74) is 0. The number of nitrogens with one attached hydrogen (secondary N) is 3. The molecule has 0 fully saturated rings. The predicted octanol–water partition coefficient (Wildman–Crippen LogP) is -0.787. The highest BCUT2D eigenvalue weighted by atomic mass is 32.2. The average molecular weight is 246 g/mol. The van der Waals surface area contributed by atoms with E-state index < -0.39 is 16.1 Å². The highest BCUT2D eigenvalue weighted by Gasteiger charge is 2.22. The number of hydrogen-bond donors (Lipinski definition) is 3. The van der Waals surface area contributed by atoms with Crippen LogP contribution in [0.25, 0.3) is 0 Å². The summed E-state index contributed by atoms with van der Waals surface area (Å²) >= 11 is 0. The quantitative estimate of drug-likeness (QED) is 0.633. The van der Waals surface area contributed by atoms with Crippen LogP contribution in [0.1, 0.15) is 13.8 Å². The van der Waals surface area contributed by atoms with Crippen molar-refractivity contribution in [3.8, 4) is 0 Å². The highest BCUT2D eigenvalue weighted by molar-refractivity contribution is 7.89. The van der Waals surface area contributed by atoms with Crippen molar-refractivity contribution in [3.63, 3.8) is 0 Å². The summed E-state index contributed by atoms with van der Waals surface area (Å²) in [4.78, 5) is 11.3. The summed E-state index contributed by atoms with van der Waals surface area (Å²) in [7, 11) is -3.68. The van der Waals surface area contributed by atoms with Crippen molar-refractivity contribution >= 4 is 15.9 Å². The maximum absolute atomic E-state index is 11.7. The molecule has 1 heterocycles. The van der Waals surface area contributed by atoms with E-state index in [0.29, 0.717) is 6.54 Å². The number of sulfonamides is 1. The molecule has 1 aromatic heterocycles. The smallest absolute Gasteiger partial charge is 0.244 e. The van der Waals surface area contributed by atoms with Gasteiger partial charge >= 0.3 is 0 Å². The highest BCUT2D eigenvalue weighted by Crippen LogP contribution is 2.05. The van der Waals surface area contributed by atoms with E-state index in [0.717, 1.165) is 0 Å². The van der Waals surface area contributed by atoms with Crippen LogP contribution in [0.3, 0.4) is 0 Å². The molecular weight excluding hydrogens is 232 g/mol. The fraction of sp³-hybridized carbons (Fsp3) is 0.500. The van der Waals surface area contributed by atoms with Gasteiger partial charge in [-0.3, -0.25) is 9.89 Å². The van der Waals surface area contributed by atoms with E-state index >= 15 is 0 Å². The number of hydrogen-bond acceptors (Lipinski definition) is 4. The number of rotatable bonds is 5. The van der Waals surface area contributed by atoms with E-state index in [9.17, 15) is 13.2 Å². The SMILES string of the molecule is CCNC(=O)C(C)NS(=O)(=O)c1cn[nH]c1. The largest absolute Gasteiger partial charge is 0.355 e. The lowest BCUT2D eigenvalue weighted by atomic mass is 10.3. The summed E-state index contributed by atoms with van der Waals surface area (Å²) in [5, 5.41) is 8.45. The molecule has 1 amide bonds. The Kier molecular flexibility index (Phi) is 4.02. The Balaban J connectivity index is 2.71. The summed E-state index contributed by atoms with van der Waals surface area (Å²) in [5.74, 6) is -0.366. The number of aromatic amines is 1. The minimum Gasteiger partial charge on any atom is -0.355 e. The summed E-state index contributed by atoms with van der Waals surface area (Å²) in [6, 6.07) is -0.820. The Morgan fingerprint density at radius 3 is 2.81 bits per heavy atom. The lowest BCUT2D eigenvalue weighted by Crippen LogP contribution is -2.44. The molecule has 0 spiro atoms. The molecule has 1 atom stereocenters. The van der Waals surface area contributed by atoms with Crippen molar-refractivity contribution in [2.24, 2.45) is 0 Å². The Labute approximate surface area is 93.7 Å². The van der Waals surface area contributed by atoms with E-state index in [-0.39, 0.29) is 10.8 Å². The summed E-state index contributed by atoms with van der Waals surface area (Å²) < 4.78 is 25.6. The van der Waals surface area contributed by atoms with Crippen LogP contribution in [-0.2, 0) is 14.8 Å². The molecule has 1 aromatic rings. The van der Waals surface area contributed by atoms with Gasteiger partial charge in [0.05, 0.1) is 12.2 Å². The van der Waals surface area contributed by atoms with Gasteiger partial charge in [-0.25, -0.2) is 8.42 Å². The topological polar surface area (TPSA) is 104 Å². The van der Waals surface area contributed by atoms with Crippen LogP contribution in [0.5, 0.6) is 0 Å². The second kappa shape index (κ2) is 5.08. The van der Waals surface area contributed by atoms with Crippen LogP contribution in [0.2, 0.25) is 0 Å². The fourth-order valence-electron chi connectivity index (χ4n) is 1.07. The van der Waals surface area contributed by atoms with E-state index in [1.165, 1.54) is 19.3 Å². The maximum Gasteiger partial charge on any atom is 0.244 e. The third kappa shape index (κ3) is 3.04. The second-order valence-electron chi connectivity index (χ2n) is 3.17. The van der Waals surface area contributed by atoms with Crippen LogP contribution in [0.4, 0.5) is 0 Å². The van der Waals surface area contributed by atoms with Crippen LogP contribution >= 0.6 is 0 Å². The lowest BCUT2D eigenvalue weighted by molar-refractivity contribution is -0.122. The van der Waals surface area contributed by atoms with Gasteiger partial charge in [-0.1, -0.05) is 0 Å². The Morgan fingerprint density at radius 1 is 1.62 bits per heavy atom. The van der Waals surface area contributed by atoms with Gasteiger partial charge in [-0.2, -0.15) is 9.82 Å². The summed E-state index contributed by atoms with van der Waals surface area (Å²) in [6.45, 7) is 3.69. The molecule has 0 aromatic carbocycles. The van der Waals surface area contributed by atoms with Gasteiger partial charge in [-0.15, -0.1) is 0 Å². The minimum absolute atomic E-state index is 0.00338. The van der Waals surface area contributed by atoms with Crippen molar-refractivity contribution in [3.05, 3.63) is 12.4 Å². The van der Waals surface area contributed by atoms with Crippen molar-refractivity contribution in [1.29, 1.82) is 0 Å². The number of amides is 1. The molecule has 8 heteroatoms. The molecule has 16 heavy (non-hydrogen) atoms. The van der Waals surface area contributed by atoms with Gasteiger partial charge in [0.2, 0.25) is 15.9 Å². The zero-order valence-electron chi connectivity index (χ0n) is 9.02. The average Bonchev–Trinajstić information content (AvgIpc) is 2.70. The molecular formula is C8H14N4O3S. The van der Waals surface area contributed by atoms with Gasteiger partial charge < -0.3 is 5.32 Å². The van der Waals surface area contributed by atoms with Gasteiger partial charge in [0, 0.05) is 12.7 Å². The van der Waals surface area contributed by atoms with Crippen molar-refractivity contribution < 1.29 is 13.2 Å². The molecule has 0 bridgehead atoms. The van der Waals surface area contributed by atoms with Crippen LogP contribution in [-0.4, -0.2) is 37.1 Å². The molecule has 1 unspecified atom stereocenters. The first-order valence-corrected chi connectivity index (χ1v) is 6.24. The maximum atomic E-state index is 11.7. The van der Waals surface area contributed by atoms with Gasteiger partial charge in [0.1, 0.15) is 4.90 Å². The van der Waals surface area contributed by atoms with Crippen molar-refractivity contribution in [2.75, 3.05) is 6.54 Å². The Hall–Kier alpha value is -1.41. The van der Waals surface area contributed by atoms with Gasteiger partial charge in [-0.05, 0) is 13.8 Å². The predicted molar refractivity (Wildman–Crippen MR) is 57.1 cm³/mol. The first kappa shape index (κ1) is 12.7. The molecule has 0 aliphatic rings. The third-order valence-electron chi connectivity index (χ3n) is 1.86. The van der Waals surface area contributed by atoms with E-state index in [2.05, 4.69) is 20.2 Å². The molecule has 0 aliphatic carbocycles. The first-order chi connectivity index (χ1) is 7.47. The third-order valence-corrected chi connectivity index (χ3v) is 3.37. The zero-order valence-corrected chi connectivity index (χ0v) is 9.84. The normalized spacial score (nSPS) is 13.4. The molecule has 7 nitrogen and oxygen atoms in total. The van der Waals surface area contributed by atoms with E-state index in [4.69, 9.17) is 0 Å². The molecule has 3 N–H and O–H groups in total. The monoisotopic (exact) mass is 246 g/mol. The lowest BCUT2D eigenvalue weighted by Gasteiger charge is -2.12. The number of nitrogens with zero attached hydrogens (tertiary/aromatic N) is 1. The summed E-state index contributed by atoms with van der Waals surface area (Å²) in [6.07, 6.45) is 2.42. The van der Waals surface area contributed by atoms with E-state index in [1.807, 2.05) is 0 Å². The minimum atomic E-state index is -3.68. The number of carbonyl (C=O) groups excluding carboxylic acids is 1. The molecule has 90 valence electrons. The zero-order chi connectivity index (χ0) is 12.2. The van der Waals surface area contributed by atoms with Crippen LogP contribution in [0, 0.1) is 0 Å². The number of H-pyrrole nitrogens is 1. The first-order valence-electron chi connectivity index (χ1n) is 4.76. The standard InChI is InChI=1S/C8H14N4O3S/c1-3-9-8(13)6(2)12-16(14,15)7-4-10-11-5-7/h4-6,12H,3H2,1-2H3,(H,9,13)(H,10,11). The molecule has 0 saturated heterocycles. The van der Waals surface area contributed by atoms with Crippen molar-refractivity contribution in [1.82, 2.24) is 20.2 Å². The van der Waals surface area contributed by atoms with E-state index in [1.54, 1.807) is 6.92 Å². The molecule has 0 aliphatic heterocycles. The molecule has 0 radical (unpaired) electrons. The van der Waals surface area contributed by atoms with Crippen LogP contribution < -0.4 is 10.0 Å². The Bertz CT molecular complexity index is 440. The van der Waals surface area contributed by atoms with Gasteiger partial charge in [0.15, 0.2) is 0 Å². The van der Waals surface area contributed by atoms with Crippen molar-refractivity contribution in [2.45, 2.75) is 24.8 Å². The molecule has 1 rings (SSSR count). The van der Waals surface area contributed by atoms with Crippen LogP contribution in [0.15, 0.2) is 17.3 Å². The number of likely N-dealkylation sites (N-methyl/N-ethyl adjacent to an activating group) is 1. The second-order valence-corrected chi connectivity index (χ2v) is 4.89. The number of aromatic nitrogens is 2. The fourth-order valence-corrected chi connectivity index (χ4v) is 2.18. The molecule has 0 saturated carbocycles. The Morgan fingerprint density at radius 2 is 2.31 bits per heavy atom. The van der Waals surface area contributed by atoms with Gasteiger partial charge in [0.25, 0.3) is 0 Å².